The second-order valence-electron chi connectivity index (χ2n) is 10.3. The van der Waals surface area contributed by atoms with Gasteiger partial charge in [-0.1, -0.05) is 56.3 Å². The van der Waals surface area contributed by atoms with E-state index in [4.69, 9.17) is 4.74 Å². The van der Waals surface area contributed by atoms with Crippen LogP contribution in [0.15, 0.2) is 72.8 Å². The van der Waals surface area contributed by atoms with Crippen molar-refractivity contribution in [3.05, 3.63) is 101 Å². The topological polar surface area (TPSA) is 61.9 Å². The Bertz CT molecular complexity index is 1260. The van der Waals surface area contributed by atoms with Crippen molar-refractivity contribution in [2.75, 3.05) is 33.3 Å². The van der Waals surface area contributed by atoms with E-state index in [1.54, 1.807) is 30.2 Å². The van der Waals surface area contributed by atoms with Crippen LogP contribution in [-0.2, 0) is 11.3 Å². The van der Waals surface area contributed by atoms with Gasteiger partial charge in [-0.2, -0.15) is 0 Å². The van der Waals surface area contributed by atoms with E-state index in [2.05, 4.69) is 24.1 Å². The minimum atomic E-state index is -0.606. The van der Waals surface area contributed by atoms with Gasteiger partial charge in [-0.15, -0.1) is 0 Å². The Morgan fingerprint density at radius 3 is 2.27 bits per heavy atom. The van der Waals surface area contributed by atoms with Gasteiger partial charge in [0.05, 0.1) is 19.1 Å². The number of benzene rings is 3. The Kier molecular flexibility index (Phi) is 10.3. The third-order valence-corrected chi connectivity index (χ3v) is 7.47. The highest BCUT2D eigenvalue weighted by molar-refractivity contribution is 6.01. The zero-order valence-corrected chi connectivity index (χ0v) is 23.7. The first-order valence-corrected chi connectivity index (χ1v) is 14.2. The minimum Gasteiger partial charge on any atom is -0.497 e. The summed E-state index contributed by atoms with van der Waals surface area (Å²) in [5.41, 5.74) is 2.87. The summed E-state index contributed by atoms with van der Waals surface area (Å²) in [6.07, 6.45) is 3.06. The van der Waals surface area contributed by atoms with Gasteiger partial charge in [-0.3, -0.25) is 9.59 Å². The molecule has 3 aromatic carbocycles. The number of nitrogens with one attached hydrogen (secondary N) is 1. The number of hydrogen-bond acceptors (Lipinski definition) is 4. The molecule has 0 saturated heterocycles. The van der Waals surface area contributed by atoms with E-state index in [0.29, 0.717) is 17.9 Å². The van der Waals surface area contributed by atoms with Crippen molar-refractivity contribution in [2.45, 2.75) is 51.6 Å². The molecule has 0 radical (unpaired) electrons. The molecular weight excluding hydrogens is 505 g/mol. The maximum Gasteiger partial charge on any atom is 0.255 e. The third kappa shape index (κ3) is 6.89. The second-order valence-corrected chi connectivity index (χ2v) is 10.3. The number of amides is 2. The molecule has 1 aliphatic heterocycles. The van der Waals surface area contributed by atoms with E-state index in [1.807, 2.05) is 42.5 Å². The second kappa shape index (κ2) is 14.1. The van der Waals surface area contributed by atoms with Gasteiger partial charge in [0.15, 0.2) is 0 Å². The van der Waals surface area contributed by atoms with Crippen LogP contribution < -0.4 is 10.1 Å². The van der Waals surface area contributed by atoms with Crippen LogP contribution in [0.1, 0.15) is 72.1 Å². The van der Waals surface area contributed by atoms with E-state index < -0.39 is 12.0 Å². The molecule has 1 aliphatic rings. The van der Waals surface area contributed by atoms with Gasteiger partial charge in [0.2, 0.25) is 5.91 Å². The van der Waals surface area contributed by atoms with Crippen molar-refractivity contribution in [3.63, 3.8) is 0 Å². The monoisotopic (exact) mass is 545 g/mol. The van der Waals surface area contributed by atoms with Crippen LogP contribution in [0.2, 0.25) is 0 Å². The molecule has 1 N–H and O–H groups in total. The average molecular weight is 546 g/mol. The molecule has 0 saturated carbocycles. The van der Waals surface area contributed by atoms with Crippen molar-refractivity contribution in [1.82, 2.24) is 15.1 Å². The molecule has 3 aromatic rings. The largest absolute Gasteiger partial charge is 0.497 e. The Morgan fingerprint density at radius 1 is 0.950 bits per heavy atom. The van der Waals surface area contributed by atoms with E-state index in [-0.39, 0.29) is 24.2 Å². The van der Waals surface area contributed by atoms with Crippen molar-refractivity contribution in [3.8, 4) is 5.75 Å². The molecule has 7 heteroatoms. The SMILES string of the molecule is CCCN(CCC)CCCNC(=O)[C@H]1c2ccccc2C(=O)N(Cc2ccc(F)cc2)[C@H]1c1ccc(OC)cc1. The molecule has 0 fully saturated rings. The van der Waals surface area contributed by atoms with E-state index in [0.717, 1.165) is 55.6 Å². The molecule has 6 nitrogen and oxygen atoms in total. The summed E-state index contributed by atoms with van der Waals surface area (Å²) >= 11 is 0. The molecule has 0 bridgehead atoms. The van der Waals surface area contributed by atoms with Gasteiger partial charge in [0.25, 0.3) is 5.91 Å². The highest BCUT2D eigenvalue weighted by atomic mass is 19.1. The predicted octanol–water partition coefficient (Wildman–Crippen LogP) is 5.94. The first-order chi connectivity index (χ1) is 19.5. The molecule has 0 spiro atoms. The maximum atomic E-state index is 14.0. The fraction of sp³-hybridized carbons (Fsp3) is 0.394. The quantitative estimate of drug-likeness (QED) is 0.270. The molecule has 212 valence electrons. The summed E-state index contributed by atoms with van der Waals surface area (Å²) in [7, 11) is 1.61. The molecule has 4 rings (SSSR count). The van der Waals surface area contributed by atoms with Crippen LogP contribution in [0.3, 0.4) is 0 Å². The summed E-state index contributed by atoms with van der Waals surface area (Å²) in [5.74, 6) is -0.507. The van der Waals surface area contributed by atoms with Crippen LogP contribution in [-0.4, -0.2) is 54.9 Å². The van der Waals surface area contributed by atoms with E-state index in [1.165, 1.54) is 12.1 Å². The summed E-state index contributed by atoms with van der Waals surface area (Å²) < 4.78 is 19.0. The standard InChI is InChI=1S/C33H40FN3O3/c1-4-20-36(21-5-2)22-8-19-35-32(38)30-28-9-6-7-10-29(28)33(39)37(23-24-11-15-26(34)16-12-24)31(30)25-13-17-27(40-3)18-14-25/h6-7,9-18,30-31H,4-5,8,19-23H2,1-3H3,(H,35,38)/t30-,31-/m0/s1. The number of hydrogen-bond donors (Lipinski definition) is 1. The Labute approximate surface area is 237 Å². The molecule has 2 atom stereocenters. The molecular formula is C33H40FN3O3. The Balaban J connectivity index is 1.66. The number of methoxy groups -OCH3 is 1. The van der Waals surface area contributed by atoms with Gasteiger partial charge in [0.1, 0.15) is 11.6 Å². The van der Waals surface area contributed by atoms with Crippen LogP contribution in [0.25, 0.3) is 0 Å². The average Bonchev–Trinajstić information content (AvgIpc) is 2.97. The summed E-state index contributed by atoms with van der Waals surface area (Å²) in [6.45, 7) is 8.21. The fourth-order valence-electron chi connectivity index (χ4n) is 5.60. The number of carbonyl (C=O) groups excluding carboxylic acids is 2. The fourth-order valence-corrected chi connectivity index (χ4v) is 5.60. The minimum absolute atomic E-state index is 0.109. The Hall–Kier alpha value is -3.71. The first-order valence-electron chi connectivity index (χ1n) is 14.2. The maximum absolute atomic E-state index is 14.0. The van der Waals surface area contributed by atoms with Gasteiger partial charge < -0.3 is 19.9 Å². The molecule has 0 aliphatic carbocycles. The van der Waals surface area contributed by atoms with Crippen molar-refractivity contribution in [2.24, 2.45) is 0 Å². The van der Waals surface area contributed by atoms with Crippen molar-refractivity contribution < 1.29 is 18.7 Å². The molecule has 1 heterocycles. The number of halogens is 1. The van der Waals surface area contributed by atoms with Gasteiger partial charge in [0, 0.05) is 18.7 Å². The predicted molar refractivity (Wildman–Crippen MR) is 156 cm³/mol. The number of nitrogens with zero attached hydrogens (tertiary/aromatic N) is 2. The smallest absolute Gasteiger partial charge is 0.255 e. The molecule has 40 heavy (non-hydrogen) atoms. The zero-order chi connectivity index (χ0) is 28.5. The number of ether oxygens (including phenoxy) is 1. The summed E-state index contributed by atoms with van der Waals surface area (Å²) in [4.78, 5) is 32.1. The zero-order valence-electron chi connectivity index (χ0n) is 23.7. The van der Waals surface area contributed by atoms with Gasteiger partial charge in [-0.25, -0.2) is 4.39 Å². The number of fused-ring (bicyclic) bond motifs is 1. The van der Waals surface area contributed by atoms with Crippen LogP contribution >= 0.6 is 0 Å². The van der Waals surface area contributed by atoms with Crippen molar-refractivity contribution in [1.29, 1.82) is 0 Å². The lowest BCUT2D eigenvalue weighted by Gasteiger charge is -2.42. The van der Waals surface area contributed by atoms with Gasteiger partial charge >= 0.3 is 0 Å². The Morgan fingerprint density at radius 2 is 1.62 bits per heavy atom. The lowest BCUT2D eigenvalue weighted by Crippen LogP contribution is -2.47. The van der Waals surface area contributed by atoms with E-state index >= 15 is 0 Å². The highest BCUT2D eigenvalue weighted by Gasteiger charge is 2.44. The summed E-state index contributed by atoms with van der Waals surface area (Å²) in [5, 5.41) is 3.18. The van der Waals surface area contributed by atoms with Crippen LogP contribution in [0.4, 0.5) is 4.39 Å². The molecule has 2 amide bonds. The van der Waals surface area contributed by atoms with Crippen LogP contribution in [0, 0.1) is 5.82 Å². The van der Waals surface area contributed by atoms with E-state index in [9.17, 15) is 14.0 Å². The third-order valence-electron chi connectivity index (χ3n) is 7.47. The van der Waals surface area contributed by atoms with Crippen molar-refractivity contribution >= 4 is 11.8 Å². The normalized spacial score (nSPS) is 16.6. The highest BCUT2D eigenvalue weighted by Crippen LogP contribution is 2.44. The van der Waals surface area contributed by atoms with Crippen LogP contribution in [0.5, 0.6) is 5.75 Å². The number of rotatable bonds is 13. The molecule has 0 aromatic heterocycles. The van der Waals surface area contributed by atoms with Gasteiger partial charge in [-0.05, 0) is 85.9 Å². The number of carbonyl (C=O) groups is 2. The first kappa shape index (κ1) is 29.3. The lowest BCUT2D eigenvalue weighted by molar-refractivity contribution is -0.124. The summed E-state index contributed by atoms with van der Waals surface area (Å²) in [6, 6.07) is 20.5. The molecule has 0 unspecified atom stereocenters. The lowest BCUT2D eigenvalue weighted by atomic mass is 9.79.